The number of imide groups is 1. The van der Waals surface area contributed by atoms with E-state index in [1.165, 1.54) is 42.6 Å². The lowest BCUT2D eigenvalue weighted by Gasteiger charge is -2.23. The Morgan fingerprint density at radius 3 is 2.53 bits per heavy atom. The van der Waals surface area contributed by atoms with Crippen molar-refractivity contribution in [1.82, 2.24) is 25.3 Å². The van der Waals surface area contributed by atoms with Crippen molar-refractivity contribution in [2.45, 2.75) is 19.5 Å². The predicted molar refractivity (Wildman–Crippen MR) is 121 cm³/mol. The van der Waals surface area contributed by atoms with Crippen molar-refractivity contribution in [3.05, 3.63) is 75.3 Å². The second-order valence-electron chi connectivity index (χ2n) is 6.97. The Morgan fingerprint density at radius 2 is 1.91 bits per heavy atom. The molecule has 2 aromatic carbocycles. The van der Waals surface area contributed by atoms with Crippen LogP contribution in [0.5, 0.6) is 5.75 Å². The Hall–Kier alpha value is -3.87. The molecule has 0 fully saturated rings. The zero-order valence-electron chi connectivity index (χ0n) is 17.6. The van der Waals surface area contributed by atoms with E-state index in [1.807, 2.05) is 0 Å². The summed E-state index contributed by atoms with van der Waals surface area (Å²) in [6.07, 6.45) is 0. The number of hydrogen-bond acceptors (Lipinski definition) is 9. The maximum absolute atomic E-state index is 13.1. The number of hydrazine groups is 1. The largest absolute Gasteiger partial charge is 0.508 e. The number of carboxylic acids is 1. The van der Waals surface area contributed by atoms with Crippen LogP contribution in [0.3, 0.4) is 0 Å². The summed E-state index contributed by atoms with van der Waals surface area (Å²) in [5.74, 6) is -3.58. The summed E-state index contributed by atoms with van der Waals surface area (Å²) in [6, 6.07) is 8.92. The van der Waals surface area contributed by atoms with E-state index in [1.54, 1.807) is 12.1 Å². The van der Waals surface area contributed by atoms with Gasteiger partial charge in [-0.3, -0.25) is 19.2 Å². The van der Waals surface area contributed by atoms with Crippen LogP contribution < -0.4 is 10.7 Å². The van der Waals surface area contributed by atoms with Crippen molar-refractivity contribution >= 4 is 46.8 Å². The van der Waals surface area contributed by atoms with Gasteiger partial charge in [0.1, 0.15) is 11.8 Å². The third-order valence-corrected chi connectivity index (χ3v) is 5.32. The average molecular weight is 504 g/mol. The van der Waals surface area contributed by atoms with Crippen molar-refractivity contribution in [3.8, 4) is 5.75 Å². The van der Waals surface area contributed by atoms with Crippen LogP contribution in [0, 0.1) is 0 Å². The number of rotatable bonds is 8. The molecular weight excluding hydrogens is 486 g/mol. The fourth-order valence-corrected chi connectivity index (χ4v) is 3.42. The van der Waals surface area contributed by atoms with Gasteiger partial charge in [-0.25, -0.2) is 10.4 Å². The second-order valence-corrected chi connectivity index (χ2v) is 7.99. The Kier molecular flexibility index (Phi) is 7.89. The molecule has 0 saturated carbocycles. The first kappa shape index (κ1) is 24.8. The van der Waals surface area contributed by atoms with Crippen molar-refractivity contribution in [1.29, 1.82) is 0 Å². The summed E-state index contributed by atoms with van der Waals surface area (Å²) >= 11 is 7.12. The quantitative estimate of drug-likeness (QED) is 0.266. The summed E-state index contributed by atoms with van der Waals surface area (Å²) < 4.78 is 3.57. The smallest absolute Gasteiger partial charge is 0.322 e. The van der Waals surface area contributed by atoms with E-state index in [4.69, 9.17) is 11.6 Å². The molecule has 0 radical (unpaired) electrons. The molecule has 34 heavy (non-hydrogen) atoms. The molecule has 3 amide bonds. The number of carbonyl (C=O) groups excluding carboxylic acids is 3. The number of nitrogens with zero attached hydrogens (tertiary/aromatic N) is 3. The number of carboxylic acid groups (broad SMARTS) is 1. The Balaban J connectivity index is 1.79. The molecule has 3 aromatic rings. The molecule has 1 atom stereocenters. The van der Waals surface area contributed by atoms with Crippen LogP contribution in [0.15, 0.2) is 47.8 Å². The molecule has 0 aliphatic carbocycles. The number of carbonyl (C=O) groups is 4. The topological polar surface area (TPSA) is 162 Å². The predicted octanol–water partition coefficient (Wildman–Crippen LogP) is 2.09. The third kappa shape index (κ3) is 5.92. The number of phenolic OH excluding ortho intramolecular Hbond substituents is 1. The first-order chi connectivity index (χ1) is 16.2. The van der Waals surface area contributed by atoms with Gasteiger partial charge < -0.3 is 15.5 Å². The molecule has 3 rings (SSSR count). The van der Waals surface area contributed by atoms with E-state index in [0.717, 1.165) is 11.5 Å². The van der Waals surface area contributed by atoms with Gasteiger partial charge in [0.05, 0.1) is 10.6 Å². The van der Waals surface area contributed by atoms with Crippen LogP contribution in [0.1, 0.15) is 43.7 Å². The number of nitrogens with one attached hydrogen (secondary N) is 2. The molecule has 0 saturated heterocycles. The highest BCUT2D eigenvalue weighted by Gasteiger charge is 2.30. The van der Waals surface area contributed by atoms with Gasteiger partial charge in [0.15, 0.2) is 5.69 Å². The maximum Gasteiger partial charge on any atom is 0.322 e. The van der Waals surface area contributed by atoms with Gasteiger partial charge in [-0.15, -0.1) is 5.10 Å². The molecular formula is C21H18ClN5O6S. The molecule has 0 unspecified atom stereocenters. The monoisotopic (exact) mass is 503 g/mol. The van der Waals surface area contributed by atoms with Gasteiger partial charge >= 0.3 is 5.97 Å². The molecule has 1 heterocycles. The van der Waals surface area contributed by atoms with Gasteiger partial charge in [0.25, 0.3) is 17.7 Å². The number of aliphatic carboxylic acids is 1. The molecule has 176 valence electrons. The lowest BCUT2D eigenvalue weighted by molar-refractivity contribution is -0.139. The first-order valence-electron chi connectivity index (χ1n) is 9.68. The summed E-state index contributed by atoms with van der Waals surface area (Å²) in [7, 11) is 0. The fourth-order valence-electron chi connectivity index (χ4n) is 2.73. The van der Waals surface area contributed by atoms with Gasteiger partial charge in [0.2, 0.25) is 0 Å². The summed E-state index contributed by atoms with van der Waals surface area (Å²) in [6.45, 7) is 1.39. The van der Waals surface area contributed by atoms with E-state index < -0.39 is 29.7 Å². The number of amides is 3. The SMILES string of the molecule is C[C@H](NN(C(=O)c1csnn1)C(=O)c1ccc(C(=O)NCc2cccc(O)c2)cc1Cl)C(=O)O. The average Bonchev–Trinajstić information content (AvgIpc) is 3.35. The molecule has 0 aliphatic rings. The first-order valence-corrected chi connectivity index (χ1v) is 10.9. The second kappa shape index (κ2) is 10.8. The number of phenols is 1. The minimum Gasteiger partial charge on any atom is -0.508 e. The van der Waals surface area contributed by atoms with Crippen molar-refractivity contribution in [3.63, 3.8) is 0 Å². The lowest BCUT2D eigenvalue weighted by atomic mass is 10.1. The van der Waals surface area contributed by atoms with Crippen LogP contribution in [0.25, 0.3) is 0 Å². The molecule has 1 aromatic heterocycles. The minimum absolute atomic E-state index is 0.0658. The zero-order chi connectivity index (χ0) is 24.8. The normalized spacial score (nSPS) is 11.5. The van der Waals surface area contributed by atoms with Gasteiger partial charge in [-0.2, -0.15) is 0 Å². The molecule has 4 N–H and O–H groups in total. The van der Waals surface area contributed by atoms with E-state index in [2.05, 4.69) is 20.3 Å². The zero-order valence-corrected chi connectivity index (χ0v) is 19.1. The van der Waals surface area contributed by atoms with Crippen LogP contribution in [0.2, 0.25) is 5.02 Å². The summed E-state index contributed by atoms with van der Waals surface area (Å²) in [4.78, 5) is 49.5. The molecule has 13 heteroatoms. The summed E-state index contributed by atoms with van der Waals surface area (Å²) in [5.41, 5.74) is 2.84. The van der Waals surface area contributed by atoms with Crippen molar-refractivity contribution in [2.24, 2.45) is 0 Å². The third-order valence-electron chi connectivity index (χ3n) is 4.50. The van der Waals surface area contributed by atoms with Crippen LogP contribution in [-0.2, 0) is 11.3 Å². The van der Waals surface area contributed by atoms with Gasteiger partial charge in [0, 0.05) is 17.5 Å². The number of aromatic hydroxyl groups is 1. The minimum atomic E-state index is -1.30. The van der Waals surface area contributed by atoms with Crippen LogP contribution in [-0.4, -0.2) is 54.5 Å². The standard InChI is InChI=1S/C21H18ClN5O6S/c1-11(21(32)33)25-27(20(31)17-10-34-26-24-17)19(30)15-6-5-13(8-16(15)22)18(29)23-9-12-3-2-4-14(28)7-12/h2-8,10-11,25,28H,9H2,1H3,(H,23,29)(H,32,33)/t11-/m0/s1. The van der Waals surface area contributed by atoms with E-state index in [-0.39, 0.29) is 34.1 Å². The number of halogens is 1. The number of hydrogen-bond donors (Lipinski definition) is 4. The van der Waals surface area contributed by atoms with Gasteiger partial charge in [-0.1, -0.05) is 28.2 Å². The van der Waals surface area contributed by atoms with Gasteiger partial charge in [-0.05, 0) is 54.4 Å². The number of aromatic nitrogens is 2. The van der Waals surface area contributed by atoms with Crippen molar-refractivity contribution in [2.75, 3.05) is 0 Å². The molecule has 0 aliphatic heterocycles. The lowest BCUT2D eigenvalue weighted by Crippen LogP contribution is -2.53. The van der Waals surface area contributed by atoms with E-state index >= 15 is 0 Å². The molecule has 0 spiro atoms. The van der Waals surface area contributed by atoms with Crippen LogP contribution in [0.4, 0.5) is 0 Å². The highest BCUT2D eigenvalue weighted by Crippen LogP contribution is 2.21. The highest BCUT2D eigenvalue weighted by atomic mass is 35.5. The Bertz CT molecular complexity index is 1240. The Labute approximate surface area is 202 Å². The summed E-state index contributed by atoms with van der Waals surface area (Å²) in [5, 5.41) is 26.6. The fraction of sp³-hybridized carbons (Fsp3) is 0.143. The van der Waals surface area contributed by atoms with Crippen LogP contribution >= 0.6 is 23.1 Å². The van der Waals surface area contributed by atoms with E-state index in [9.17, 15) is 29.4 Å². The van der Waals surface area contributed by atoms with E-state index in [0.29, 0.717) is 10.6 Å². The Morgan fingerprint density at radius 1 is 1.15 bits per heavy atom. The number of benzene rings is 2. The van der Waals surface area contributed by atoms with Crippen molar-refractivity contribution < 1.29 is 29.4 Å². The maximum atomic E-state index is 13.1. The molecule has 0 bridgehead atoms. The molecule has 11 nitrogen and oxygen atoms in total. The highest BCUT2D eigenvalue weighted by molar-refractivity contribution is 7.03.